The van der Waals surface area contributed by atoms with Crippen LogP contribution in [0.3, 0.4) is 0 Å². The first-order valence-corrected chi connectivity index (χ1v) is 6.39. The topological polar surface area (TPSA) is 56.9 Å². The van der Waals surface area contributed by atoms with E-state index in [0.717, 1.165) is 34.9 Å². The van der Waals surface area contributed by atoms with Gasteiger partial charge in [0.2, 0.25) is 5.88 Å². The summed E-state index contributed by atoms with van der Waals surface area (Å²) in [4.78, 5) is 0. The number of nitrogens with one attached hydrogen (secondary N) is 1. The third-order valence-corrected chi connectivity index (χ3v) is 3.18. The van der Waals surface area contributed by atoms with Gasteiger partial charge in [-0.15, -0.1) is 0 Å². The number of ether oxygens (including phenoxy) is 1. The Morgan fingerprint density at radius 3 is 2.68 bits per heavy atom. The van der Waals surface area contributed by atoms with E-state index < -0.39 is 0 Å². The molecular weight excluding hydrogens is 242 g/mol. The summed E-state index contributed by atoms with van der Waals surface area (Å²) >= 11 is 0. The van der Waals surface area contributed by atoms with Crippen LogP contribution < -0.4 is 10.1 Å². The summed E-state index contributed by atoms with van der Waals surface area (Å²) in [6, 6.07) is 0. The summed E-state index contributed by atoms with van der Waals surface area (Å²) in [5, 5.41) is 12.2. The number of aryl methyl sites for hydroxylation is 4. The van der Waals surface area contributed by atoms with Gasteiger partial charge in [-0.05, 0) is 13.3 Å². The number of aromatic nitrogens is 4. The van der Waals surface area contributed by atoms with Crippen LogP contribution in [0.2, 0.25) is 0 Å². The molecule has 0 spiro atoms. The van der Waals surface area contributed by atoms with Crippen LogP contribution in [-0.4, -0.2) is 26.7 Å². The second-order valence-electron chi connectivity index (χ2n) is 4.57. The molecule has 0 bridgehead atoms. The van der Waals surface area contributed by atoms with Crippen LogP contribution >= 0.6 is 0 Å². The number of hydrogen-bond donors (Lipinski definition) is 1. The van der Waals surface area contributed by atoms with Crippen LogP contribution in [0.25, 0.3) is 0 Å². The molecule has 0 aliphatic rings. The lowest BCUT2D eigenvalue weighted by atomic mass is 10.2. The van der Waals surface area contributed by atoms with Crippen LogP contribution in [0.15, 0.2) is 6.20 Å². The van der Waals surface area contributed by atoms with Gasteiger partial charge >= 0.3 is 0 Å². The molecular formula is C13H21N5O. The zero-order valence-electron chi connectivity index (χ0n) is 12.2. The van der Waals surface area contributed by atoms with Crippen molar-refractivity contribution in [3.05, 3.63) is 23.1 Å². The van der Waals surface area contributed by atoms with Gasteiger partial charge in [-0.2, -0.15) is 10.2 Å². The largest absolute Gasteiger partial charge is 0.481 e. The zero-order valence-corrected chi connectivity index (χ0v) is 12.2. The van der Waals surface area contributed by atoms with Crippen molar-refractivity contribution in [2.24, 2.45) is 14.1 Å². The van der Waals surface area contributed by atoms with E-state index in [1.807, 2.05) is 31.9 Å². The molecule has 0 saturated carbocycles. The Morgan fingerprint density at radius 1 is 1.32 bits per heavy atom. The van der Waals surface area contributed by atoms with Crippen LogP contribution in [0.1, 0.15) is 23.9 Å². The Bertz CT molecular complexity index is 570. The number of hydrogen-bond acceptors (Lipinski definition) is 4. The third kappa shape index (κ3) is 2.57. The molecule has 0 radical (unpaired) electrons. The van der Waals surface area contributed by atoms with Gasteiger partial charge in [-0.25, -0.2) is 4.68 Å². The van der Waals surface area contributed by atoms with Crippen LogP contribution in [0.4, 0.5) is 5.69 Å². The van der Waals surface area contributed by atoms with Gasteiger partial charge in [0.05, 0.1) is 29.7 Å². The monoisotopic (exact) mass is 263 g/mol. The van der Waals surface area contributed by atoms with Crippen molar-refractivity contribution < 1.29 is 4.74 Å². The van der Waals surface area contributed by atoms with Gasteiger partial charge in [0.25, 0.3) is 0 Å². The zero-order chi connectivity index (χ0) is 14.0. The van der Waals surface area contributed by atoms with E-state index in [9.17, 15) is 0 Å². The first-order chi connectivity index (χ1) is 9.06. The molecule has 0 aliphatic heterocycles. The summed E-state index contributed by atoms with van der Waals surface area (Å²) in [6.45, 7) is 4.77. The lowest BCUT2D eigenvalue weighted by Crippen LogP contribution is -2.03. The van der Waals surface area contributed by atoms with Crippen molar-refractivity contribution in [2.75, 3.05) is 12.4 Å². The average molecular weight is 263 g/mol. The number of methoxy groups -OCH3 is 1. The van der Waals surface area contributed by atoms with Crippen LogP contribution in [0.5, 0.6) is 5.88 Å². The van der Waals surface area contributed by atoms with E-state index in [-0.39, 0.29) is 0 Å². The fourth-order valence-corrected chi connectivity index (χ4v) is 2.27. The minimum Gasteiger partial charge on any atom is -0.481 e. The Labute approximate surface area is 113 Å². The molecule has 104 valence electrons. The number of anilines is 1. The second-order valence-corrected chi connectivity index (χ2v) is 4.57. The first-order valence-electron chi connectivity index (χ1n) is 6.39. The molecule has 0 aliphatic carbocycles. The predicted octanol–water partition coefficient (Wildman–Crippen LogP) is 1.65. The Hall–Kier alpha value is -1.98. The highest BCUT2D eigenvalue weighted by atomic mass is 16.5. The average Bonchev–Trinajstić information content (AvgIpc) is 2.86. The van der Waals surface area contributed by atoms with Crippen molar-refractivity contribution in [2.45, 2.75) is 26.8 Å². The highest BCUT2D eigenvalue weighted by Gasteiger charge is 2.14. The lowest BCUT2D eigenvalue weighted by Gasteiger charge is -2.07. The SMILES string of the molecule is CCc1nn(C)cc1NCc1c(C)nn(C)c1OC. The van der Waals surface area contributed by atoms with Gasteiger partial charge in [0.1, 0.15) is 0 Å². The molecule has 2 aromatic heterocycles. The summed E-state index contributed by atoms with van der Waals surface area (Å²) in [7, 11) is 5.48. The molecule has 6 heteroatoms. The maximum atomic E-state index is 5.39. The molecule has 2 rings (SSSR count). The van der Waals surface area contributed by atoms with Gasteiger partial charge in [-0.3, -0.25) is 4.68 Å². The van der Waals surface area contributed by atoms with Crippen molar-refractivity contribution >= 4 is 5.69 Å². The van der Waals surface area contributed by atoms with E-state index in [1.165, 1.54) is 0 Å². The van der Waals surface area contributed by atoms with Crippen molar-refractivity contribution in [1.82, 2.24) is 19.6 Å². The quantitative estimate of drug-likeness (QED) is 0.891. The molecule has 0 atom stereocenters. The molecule has 19 heavy (non-hydrogen) atoms. The molecule has 0 fully saturated rings. The highest BCUT2D eigenvalue weighted by molar-refractivity contribution is 5.48. The van der Waals surface area contributed by atoms with Crippen LogP contribution in [0, 0.1) is 6.92 Å². The van der Waals surface area contributed by atoms with E-state index in [2.05, 4.69) is 22.4 Å². The lowest BCUT2D eigenvalue weighted by molar-refractivity contribution is 0.370. The number of rotatable bonds is 5. The minimum absolute atomic E-state index is 0.682. The summed E-state index contributed by atoms with van der Waals surface area (Å²) < 4.78 is 8.97. The third-order valence-electron chi connectivity index (χ3n) is 3.18. The Kier molecular flexibility index (Phi) is 3.78. The Balaban J connectivity index is 2.18. The van der Waals surface area contributed by atoms with Crippen molar-refractivity contribution in [3.63, 3.8) is 0 Å². The molecule has 2 heterocycles. The second kappa shape index (κ2) is 5.34. The Morgan fingerprint density at radius 2 is 2.05 bits per heavy atom. The smallest absolute Gasteiger partial charge is 0.216 e. The fraction of sp³-hybridized carbons (Fsp3) is 0.538. The van der Waals surface area contributed by atoms with Gasteiger partial charge in [0.15, 0.2) is 0 Å². The van der Waals surface area contributed by atoms with E-state index in [4.69, 9.17) is 4.74 Å². The van der Waals surface area contributed by atoms with Crippen molar-refractivity contribution in [1.29, 1.82) is 0 Å². The van der Waals surface area contributed by atoms with E-state index >= 15 is 0 Å². The summed E-state index contributed by atoms with van der Waals surface area (Å²) in [5.41, 5.74) is 4.20. The van der Waals surface area contributed by atoms with Gasteiger partial charge in [-0.1, -0.05) is 6.92 Å². The number of nitrogens with zero attached hydrogens (tertiary/aromatic N) is 4. The highest BCUT2D eigenvalue weighted by Crippen LogP contribution is 2.23. The van der Waals surface area contributed by atoms with Gasteiger partial charge < -0.3 is 10.1 Å². The van der Waals surface area contributed by atoms with E-state index in [1.54, 1.807) is 11.8 Å². The molecule has 0 aromatic carbocycles. The molecule has 1 N–H and O–H groups in total. The molecule has 2 aromatic rings. The summed E-state index contributed by atoms with van der Waals surface area (Å²) in [5.74, 6) is 0.798. The van der Waals surface area contributed by atoms with Gasteiger partial charge in [0, 0.05) is 26.8 Å². The normalized spacial score (nSPS) is 10.8. The fourth-order valence-electron chi connectivity index (χ4n) is 2.27. The molecule has 0 unspecified atom stereocenters. The minimum atomic E-state index is 0.682. The summed E-state index contributed by atoms with van der Waals surface area (Å²) in [6.07, 6.45) is 2.91. The van der Waals surface area contributed by atoms with E-state index in [0.29, 0.717) is 6.54 Å². The molecule has 6 nitrogen and oxygen atoms in total. The standard InChI is InChI=1S/C13H21N5O/c1-6-11-12(8-17(3)16-11)14-7-10-9(2)15-18(4)13(10)19-5/h8,14H,6-7H2,1-5H3. The maximum Gasteiger partial charge on any atom is 0.216 e. The van der Waals surface area contributed by atoms with Crippen LogP contribution in [-0.2, 0) is 27.1 Å². The predicted molar refractivity (Wildman–Crippen MR) is 74.4 cm³/mol. The molecule has 0 amide bonds. The molecule has 0 saturated heterocycles. The first kappa shape index (κ1) is 13.5. The van der Waals surface area contributed by atoms with Crippen molar-refractivity contribution in [3.8, 4) is 5.88 Å². The maximum absolute atomic E-state index is 5.39.